The number of esters is 2. The molecular formula is C58H114N5O10PS. The number of phosphoric ester groups is 1. The van der Waals surface area contributed by atoms with Crippen LogP contribution in [0.25, 0.3) is 0 Å². The van der Waals surface area contributed by atoms with Crippen LogP contribution in [0.4, 0.5) is 4.79 Å². The van der Waals surface area contributed by atoms with Crippen LogP contribution < -0.4 is 21.3 Å². The number of phosphoric acid groups is 1. The van der Waals surface area contributed by atoms with E-state index in [1.165, 1.54) is 142 Å². The van der Waals surface area contributed by atoms with Crippen LogP contribution in [0, 0.1) is 0 Å². The Labute approximate surface area is 462 Å². The van der Waals surface area contributed by atoms with Crippen LogP contribution in [0.2, 0.25) is 0 Å². The highest BCUT2D eigenvalue weighted by Crippen LogP contribution is 2.43. The van der Waals surface area contributed by atoms with Crippen molar-refractivity contribution >= 4 is 43.5 Å². The van der Waals surface area contributed by atoms with Crippen LogP contribution in [0.5, 0.6) is 0 Å². The molecule has 2 heterocycles. The highest BCUT2D eigenvalue weighted by Gasteiger charge is 2.42. The van der Waals surface area contributed by atoms with Gasteiger partial charge in [0.2, 0.25) is 5.91 Å². The number of amides is 3. The van der Waals surface area contributed by atoms with Gasteiger partial charge in [0.25, 0.3) is 0 Å². The summed E-state index contributed by atoms with van der Waals surface area (Å²) in [5.41, 5.74) is 0. The zero-order chi connectivity index (χ0) is 54.9. The minimum atomic E-state index is -4.56. The third-order valence-electron chi connectivity index (χ3n) is 14.4. The molecule has 2 rings (SSSR count). The third kappa shape index (κ3) is 42.7. The molecule has 5 atom stereocenters. The van der Waals surface area contributed by atoms with Gasteiger partial charge in [0.15, 0.2) is 6.10 Å². The molecule has 15 nitrogen and oxygen atoms in total. The Morgan fingerprint density at radius 3 is 1.57 bits per heavy atom. The second-order valence-corrected chi connectivity index (χ2v) is 23.8. The van der Waals surface area contributed by atoms with E-state index in [9.17, 15) is 28.6 Å². The highest BCUT2D eigenvalue weighted by molar-refractivity contribution is 8.00. The van der Waals surface area contributed by atoms with Gasteiger partial charge in [-0.05, 0) is 71.2 Å². The number of carbonyl (C=O) groups excluding carboxylic acids is 4. The lowest BCUT2D eigenvalue weighted by Gasteiger charge is -2.20. The van der Waals surface area contributed by atoms with E-state index in [4.69, 9.17) is 18.5 Å². The number of hydrogen-bond acceptors (Lipinski definition) is 12. The van der Waals surface area contributed by atoms with E-state index in [-0.39, 0.29) is 56.6 Å². The zero-order valence-corrected chi connectivity index (χ0v) is 50.3. The second kappa shape index (κ2) is 50.3. The standard InChI is InChI=1S/C52H99N4O10PS.C6H15N/c1-3-5-7-9-11-13-15-17-19-21-23-25-29-36-49(58)63-42-45(66-50(59)37-30-26-24-22-20-18-16-14-12-10-8-6-4-2)43-65-67(61,62)64-41-40-54-48(57)35-28-27-32-38-53-39-33-31-34-47-51-46(44-68-47)55-52(60)56-51;1-4-7(5-2)6-3/h45-47,51,53H,3-44H2,1-2H3,(H,54,57)(H,61,62)(H2,55,56,60);4-6H2,1-3H3/t45?,46-,47?,51-;/m0./s1. The van der Waals surface area contributed by atoms with E-state index in [1.54, 1.807) is 0 Å². The molecule has 0 aromatic rings. The van der Waals surface area contributed by atoms with Crippen molar-refractivity contribution in [1.82, 2.24) is 26.2 Å². The van der Waals surface area contributed by atoms with Gasteiger partial charge in [-0.15, -0.1) is 0 Å². The first-order valence-electron chi connectivity index (χ1n) is 30.8. The summed E-state index contributed by atoms with van der Waals surface area (Å²) in [6, 6.07) is 0.491. The van der Waals surface area contributed by atoms with Crippen molar-refractivity contribution in [3.05, 3.63) is 0 Å². The topological polar surface area (TPSA) is 194 Å². The number of fused-ring (bicyclic) bond motifs is 1. The molecule has 0 spiro atoms. The van der Waals surface area contributed by atoms with Gasteiger partial charge in [-0.3, -0.25) is 23.4 Å². The molecule has 3 unspecified atom stereocenters. The number of nitrogens with zero attached hydrogens (tertiary/aromatic N) is 1. The fraction of sp³-hybridized carbons (Fsp3) is 0.931. The SMILES string of the molecule is CCCCCCCCCCCCCCCC(=O)OCC(COP(=O)(O)OCCNC(=O)CCCCCNCCCCC1SC[C@@H]2NC(=O)N[C@H]12)OC(=O)CCCCCCCCCCCCCCC.CCN(CC)CC. The summed E-state index contributed by atoms with van der Waals surface area (Å²) in [5, 5.41) is 12.7. The van der Waals surface area contributed by atoms with Crippen molar-refractivity contribution in [3.8, 4) is 0 Å². The quantitative estimate of drug-likeness (QED) is 0.0167. The first-order valence-corrected chi connectivity index (χ1v) is 33.4. The maximum Gasteiger partial charge on any atom is 0.472 e. The number of nitrogens with one attached hydrogen (secondary N) is 4. The third-order valence-corrected chi connectivity index (χ3v) is 16.9. The normalized spacial score (nSPS) is 17.2. The van der Waals surface area contributed by atoms with Crippen molar-refractivity contribution in [2.24, 2.45) is 0 Å². The van der Waals surface area contributed by atoms with Crippen molar-refractivity contribution in [3.63, 3.8) is 0 Å². The molecule has 0 aromatic carbocycles. The number of urea groups is 1. The fourth-order valence-corrected chi connectivity index (χ4v) is 11.9. The number of rotatable bonds is 52. The number of carbonyl (C=O) groups is 4. The predicted molar refractivity (Wildman–Crippen MR) is 310 cm³/mol. The maximum atomic E-state index is 12.8. The summed E-state index contributed by atoms with van der Waals surface area (Å²) >= 11 is 1.95. The smallest absolute Gasteiger partial charge is 0.462 e. The first kappa shape index (κ1) is 71.1. The summed E-state index contributed by atoms with van der Waals surface area (Å²) in [5.74, 6) is -0.0431. The zero-order valence-electron chi connectivity index (χ0n) is 48.6. The van der Waals surface area contributed by atoms with Gasteiger partial charge in [0, 0.05) is 36.8 Å². The number of hydrogen-bond donors (Lipinski definition) is 5. The van der Waals surface area contributed by atoms with E-state index in [0.29, 0.717) is 18.1 Å². The highest BCUT2D eigenvalue weighted by atomic mass is 32.2. The lowest BCUT2D eigenvalue weighted by atomic mass is 10.0. The van der Waals surface area contributed by atoms with Crippen LogP contribution in [0.3, 0.4) is 0 Å². The summed E-state index contributed by atoms with van der Waals surface area (Å²) in [7, 11) is -4.56. The molecule has 2 fully saturated rings. The van der Waals surface area contributed by atoms with E-state index in [0.717, 1.165) is 95.9 Å². The Morgan fingerprint density at radius 1 is 0.600 bits per heavy atom. The number of ether oxygens (including phenoxy) is 2. The largest absolute Gasteiger partial charge is 0.472 e. The molecular weight excluding hydrogens is 990 g/mol. The van der Waals surface area contributed by atoms with Crippen LogP contribution in [-0.2, 0) is 37.5 Å². The Kier molecular flexibility index (Phi) is 47.7. The van der Waals surface area contributed by atoms with E-state index in [1.807, 2.05) is 11.8 Å². The van der Waals surface area contributed by atoms with Crippen LogP contribution in [0.15, 0.2) is 0 Å². The van der Waals surface area contributed by atoms with E-state index in [2.05, 4.69) is 60.8 Å². The summed E-state index contributed by atoms with van der Waals surface area (Å²) in [4.78, 5) is 62.1. The minimum Gasteiger partial charge on any atom is -0.462 e. The van der Waals surface area contributed by atoms with Gasteiger partial charge in [0.1, 0.15) is 6.61 Å². The number of thioether (sulfide) groups is 1. The molecule has 0 saturated carbocycles. The average Bonchev–Trinajstić information content (AvgIpc) is 3.96. The molecule has 2 aliphatic heterocycles. The molecule has 0 radical (unpaired) electrons. The summed E-state index contributed by atoms with van der Waals surface area (Å²) in [6.45, 7) is 15.5. The molecule has 3 amide bonds. The van der Waals surface area contributed by atoms with Crippen molar-refractivity contribution in [2.45, 2.75) is 283 Å². The van der Waals surface area contributed by atoms with Gasteiger partial charge < -0.3 is 40.5 Å². The molecule has 2 saturated heterocycles. The van der Waals surface area contributed by atoms with Gasteiger partial charge in [-0.25, -0.2) is 9.36 Å². The van der Waals surface area contributed by atoms with Gasteiger partial charge in [-0.1, -0.05) is 202 Å². The molecule has 442 valence electrons. The van der Waals surface area contributed by atoms with Crippen molar-refractivity contribution in [2.75, 3.05) is 64.8 Å². The Hall–Kier alpha value is -1.94. The fourth-order valence-electron chi connectivity index (χ4n) is 9.59. The van der Waals surface area contributed by atoms with Gasteiger partial charge >= 0.3 is 25.8 Å². The second-order valence-electron chi connectivity index (χ2n) is 21.0. The first-order chi connectivity index (χ1) is 36.5. The Morgan fingerprint density at radius 2 is 1.07 bits per heavy atom. The number of unbranched alkanes of at least 4 members (excludes halogenated alkanes) is 27. The van der Waals surface area contributed by atoms with Gasteiger partial charge in [-0.2, -0.15) is 11.8 Å². The monoisotopic (exact) mass is 1100 g/mol. The van der Waals surface area contributed by atoms with E-state index >= 15 is 0 Å². The molecule has 0 bridgehead atoms. The van der Waals surface area contributed by atoms with Gasteiger partial charge in [0.05, 0.1) is 25.3 Å². The average molecular weight is 1100 g/mol. The molecule has 2 aliphatic rings. The summed E-state index contributed by atoms with van der Waals surface area (Å²) < 4.78 is 34.1. The maximum absolute atomic E-state index is 12.8. The summed E-state index contributed by atoms with van der Waals surface area (Å²) in [6.07, 6.45) is 36.9. The van der Waals surface area contributed by atoms with Crippen LogP contribution >= 0.6 is 19.6 Å². The Bertz CT molecular complexity index is 1430. The van der Waals surface area contributed by atoms with Crippen molar-refractivity contribution < 1.29 is 47.2 Å². The molecule has 17 heteroatoms. The van der Waals surface area contributed by atoms with E-state index < -0.39 is 32.5 Å². The van der Waals surface area contributed by atoms with Crippen molar-refractivity contribution in [1.29, 1.82) is 0 Å². The predicted octanol–water partition coefficient (Wildman–Crippen LogP) is 13.5. The van der Waals surface area contributed by atoms with Crippen LogP contribution in [0.1, 0.15) is 259 Å². The molecule has 5 N–H and O–H groups in total. The van der Waals surface area contributed by atoms with Crippen LogP contribution in [-0.4, -0.2) is 122 Å². The molecule has 0 aromatic heterocycles. The molecule has 0 aliphatic carbocycles. The Balaban J connectivity index is 0.00000373. The lowest BCUT2D eigenvalue weighted by molar-refractivity contribution is -0.161. The lowest BCUT2D eigenvalue weighted by Crippen LogP contribution is -2.36. The minimum absolute atomic E-state index is 0.0340. The molecule has 75 heavy (non-hydrogen) atoms.